The van der Waals surface area contributed by atoms with E-state index in [9.17, 15) is 14.6 Å². The minimum absolute atomic E-state index is 0.214. The number of phenolic OH excluding ortho intramolecular Hbond substituents is 1. The summed E-state index contributed by atoms with van der Waals surface area (Å²) >= 11 is 5.40. The maximum absolute atomic E-state index is 12.7. The quantitative estimate of drug-likeness (QED) is 0.693. The summed E-state index contributed by atoms with van der Waals surface area (Å²) in [4.78, 5) is 0. The van der Waals surface area contributed by atoms with Crippen LogP contribution < -0.4 is 0 Å². The highest BCUT2D eigenvalue weighted by molar-refractivity contribution is 6.17. The molecule has 0 aliphatic heterocycles. The summed E-state index contributed by atoms with van der Waals surface area (Å²) in [5.74, 6) is -1.10. The lowest BCUT2D eigenvalue weighted by atomic mass is 10.0. The molecule has 0 amide bonds. The molecule has 1 rings (SSSR count). The number of alkyl halides is 1. The molecule has 0 aromatic heterocycles. The number of aromatic hydroxyl groups is 1. The number of phenols is 1. The standard InChI is InChI=1S/C10H12ClFO3/c11-4-3-8(13)10(15)6-1-2-7(12)9(14)5-6/h1-2,5,8,10,13-15H,3-4H2. The summed E-state index contributed by atoms with van der Waals surface area (Å²) in [6, 6.07) is 3.41. The first-order valence-corrected chi connectivity index (χ1v) is 5.00. The fourth-order valence-electron chi connectivity index (χ4n) is 1.21. The topological polar surface area (TPSA) is 60.7 Å². The molecule has 1 aromatic rings. The lowest BCUT2D eigenvalue weighted by molar-refractivity contribution is 0.0168. The van der Waals surface area contributed by atoms with Crippen molar-refractivity contribution in [1.29, 1.82) is 0 Å². The normalized spacial score (nSPS) is 14.9. The van der Waals surface area contributed by atoms with Gasteiger partial charge in [0.05, 0.1) is 6.10 Å². The highest BCUT2D eigenvalue weighted by atomic mass is 35.5. The number of halogens is 2. The fraction of sp³-hybridized carbons (Fsp3) is 0.400. The van der Waals surface area contributed by atoms with Crippen LogP contribution in [0.2, 0.25) is 0 Å². The number of aliphatic hydroxyl groups excluding tert-OH is 2. The molecule has 0 aliphatic rings. The molecule has 5 heteroatoms. The van der Waals surface area contributed by atoms with Gasteiger partial charge in [-0.15, -0.1) is 11.6 Å². The maximum atomic E-state index is 12.7. The van der Waals surface area contributed by atoms with Gasteiger partial charge in [-0.2, -0.15) is 0 Å². The minimum Gasteiger partial charge on any atom is -0.505 e. The third-order valence-electron chi connectivity index (χ3n) is 2.08. The summed E-state index contributed by atoms with van der Waals surface area (Å²) < 4.78 is 12.7. The molecule has 0 bridgehead atoms. The van der Waals surface area contributed by atoms with Gasteiger partial charge in [-0.25, -0.2) is 4.39 Å². The molecule has 0 saturated carbocycles. The Kier molecular flexibility index (Phi) is 4.32. The van der Waals surface area contributed by atoms with E-state index in [1.807, 2.05) is 0 Å². The lowest BCUT2D eigenvalue weighted by Gasteiger charge is -2.17. The highest BCUT2D eigenvalue weighted by Gasteiger charge is 2.18. The van der Waals surface area contributed by atoms with E-state index in [1.54, 1.807) is 0 Å². The molecule has 2 unspecified atom stereocenters. The van der Waals surface area contributed by atoms with Crippen molar-refractivity contribution in [3.8, 4) is 5.75 Å². The number of aliphatic hydroxyl groups is 2. The van der Waals surface area contributed by atoms with Crippen molar-refractivity contribution >= 4 is 11.6 Å². The van der Waals surface area contributed by atoms with Gasteiger partial charge in [-0.3, -0.25) is 0 Å². The zero-order chi connectivity index (χ0) is 11.4. The van der Waals surface area contributed by atoms with Crippen LogP contribution in [0.15, 0.2) is 18.2 Å². The summed E-state index contributed by atoms with van der Waals surface area (Å²) in [6.45, 7) is 0. The van der Waals surface area contributed by atoms with E-state index in [0.717, 1.165) is 12.1 Å². The van der Waals surface area contributed by atoms with Crippen LogP contribution in [0.4, 0.5) is 4.39 Å². The molecule has 15 heavy (non-hydrogen) atoms. The van der Waals surface area contributed by atoms with Crippen LogP contribution in [0, 0.1) is 5.82 Å². The Morgan fingerprint density at radius 1 is 1.33 bits per heavy atom. The second kappa shape index (κ2) is 5.30. The average molecular weight is 235 g/mol. The summed E-state index contributed by atoms with van der Waals surface area (Å²) in [5, 5.41) is 28.1. The lowest BCUT2D eigenvalue weighted by Crippen LogP contribution is -2.18. The molecule has 0 spiro atoms. The molecule has 0 radical (unpaired) electrons. The Morgan fingerprint density at radius 2 is 2.00 bits per heavy atom. The number of rotatable bonds is 4. The first-order valence-electron chi connectivity index (χ1n) is 4.46. The third kappa shape index (κ3) is 3.06. The van der Waals surface area contributed by atoms with Gasteiger partial charge in [0.25, 0.3) is 0 Å². The van der Waals surface area contributed by atoms with Crippen molar-refractivity contribution in [2.75, 3.05) is 5.88 Å². The molecular formula is C10H12ClFO3. The molecule has 84 valence electrons. The van der Waals surface area contributed by atoms with Gasteiger partial charge in [0.1, 0.15) is 6.10 Å². The van der Waals surface area contributed by atoms with Gasteiger partial charge in [0.15, 0.2) is 11.6 Å². The van der Waals surface area contributed by atoms with E-state index in [0.29, 0.717) is 0 Å². The molecule has 3 N–H and O–H groups in total. The zero-order valence-electron chi connectivity index (χ0n) is 7.90. The van der Waals surface area contributed by atoms with Crippen LogP contribution in [0.25, 0.3) is 0 Å². The van der Waals surface area contributed by atoms with Gasteiger partial charge in [-0.1, -0.05) is 6.07 Å². The van der Waals surface area contributed by atoms with Gasteiger partial charge < -0.3 is 15.3 Å². The van der Waals surface area contributed by atoms with Crippen molar-refractivity contribution in [3.05, 3.63) is 29.6 Å². The second-order valence-corrected chi connectivity index (χ2v) is 3.58. The van der Waals surface area contributed by atoms with E-state index in [1.165, 1.54) is 6.07 Å². The van der Waals surface area contributed by atoms with Gasteiger partial charge in [-0.05, 0) is 24.1 Å². The molecule has 0 saturated heterocycles. The molecule has 0 heterocycles. The summed E-state index contributed by atoms with van der Waals surface area (Å²) in [5.41, 5.74) is 0.256. The van der Waals surface area contributed by atoms with E-state index in [-0.39, 0.29) is 17.9 Å². The first-order chi connectivity index (χ1) is 7.06. The van der Waals surface area contributed by atoms with Crippen LogP contribution in [-0.2, 0) is 0 Å². The summed E-state index contributed by atoms with van der Waals surface area (Å²) in [7, 11) is 0. The molecule has 3 nitrogen and oxygen atoms in total. The third-order valence-corrected chi connectivity index (χ3v) is 2.30. The Bertz CT molecular complexity index is 332. The highest BCUT2D eigenvalue weighted by Crippen LogP contribution is 2.24. The Labute approximate surface area is 91.7 Å². The Balaban J connectivity index is 2.81. The number of hydrogen-bond acceptors (Lipinski definition) is 3. The van der Waals surface area contributed by atoms with Crippen LogP contribution >= 0.6 is 11.6 Å². The smallest absolute Gasteiger partial charge is 0.164 e. The Hall–Kier alpha value is -0.840. The molecule has 0 fully saturated rings. The van der Waals surface area contributed by atoms with Crippen LogP contribution in [0.1, 0.15) is 18.1 Å². The second-order valence-electron chi connectivity index (χ2n) is 3.20. The SMILES string of the molecule is Oc1cc(C(O)C(O)CCCl)ccc1F. The summed E-state index contributed by atoms with van der Waals surface area (Å²) in [6.07, 6.45) is -1.97. The van der Waals surface area contributed by atoms with Crippen molar-refractivity contribution in [1.82, 2.24) is 0 Å². The van der Waals surface area contributed by atoms with Crippen LogP contribution in [0.5, 0.6) is 5.75 Å². The maximum Gasteiger partial charge on any atom is 0.164 e. The predicted molar refractivity (Wildman–Crippen MR) is 54.4 cm³/mol. The van der Waals surface area contributed by atoms with E-state index >= 15 is 0 Å². The van der Waals surface area contributed by atoms with Crippen molar-refractivity contribution in [2.24, 2.45) is 0 Å². The van der Waals surface area contributed by atoms with E-state index in [2.05, 4.69) is 0 Å². The van der Waals surface area contributed by atoms with E-state index < -0.39 is 23.8 Å². The number of hydrogen-bond donors (Lipinski definition) is 3. The van der Waals surface area contributed by atoms with Crippen molar-refractivity contribution in [2.45, 2.75) is 18.6 Å². The van der Waals surface area contributed by atoms with Crippen molar-refractivity contribution in [3.63, 3.8) is 0 Å². The molecular weight excluding hydrogens is 223 g/mol. The molecule has 1 aromatic carbocycles. The van der Waals surface area contributed by atoms with Crippen LogP contribution in [-0.4, -0.2) is 27.3 Å². The largest absolute Gasteiger partial charge is 0.505 e. The van der Waals surface area contributed by atoms with Crippen molar-refractivity contribution < 1.29 is 19.7 Å². The van der Waals surface area contributed by atoms with Gasteiger partial charge >= 0.3 is 0 Å². The van der Waals surface area contributed by atoms with Gasteiger partial charge in [0, 0.05) is 5.88 Å². The predicted octanol–water partition coefficient (Wildman–Crippen LogP) is 1.55. The Morgan fingerprint density at radius 3 is 2.53 bits per heavy atom. The van der Waals surface area contributed by atoms with Gasteiger partial charge in [0.2, 0.25) is 0 Å². The monoisotopic (exact) mass is 234 g/mol. The first kappa shape index (κ1) is 12.2. The number of benzene rings is 1. The van der Waals surface area contributed by atoms with E-state index in [4.69, 9.17) is 16.7 Å². The average Bonchev–Trinajstić information content (AvgIpc) is 2.21. The minimum atomic E-state index is -1.17. The fourth-order valence-corrected chi connectivity index (χ4v) is 1.43. The molecule has 2 atom stereocenters. The van der Waals surface area contributed by atoms with Crippen LogP contribution in [0.3, 0.4) is 0 Å². The molecule has 0 aliphatic carbocycles. The zero-order valence-corrected chi connectivity index (χ0v) is 8.65.